The molecule has 5 heteroatoms. The van der Waals surface area contributed by atoms with Crippen LogP contribution in [0.5, 0.6) is 0 Å². The lowest BCUT2D eigenvalue weighted by Crippen LogP contribution is -2.31. The molecule has 1 aromatic heterocycles. The van der Waals surface area contributed by atoms with Gasteiger partial charge in [-0.15, -0.1) is 0 Å². The molecule has 2 N–H and O–H groups in total. The molecule has 0 atom stereocenters. The van der Waals surface area contributed by atoms with Gasteiger partial charge in [-0.2, -0.15) is 0 Å². The van der Waals surface area contributed by atoms with E-state index in [0.717, 1.165) is 36.4 Å². The van der Waals surface area contributed by atoms with Crippen LogP contribution in [0.3, 0.4) is 0 Å². The Bertz CT molecular complexity index is 653. The van der Waals surface area contributed by atoms with Gasteiger partial charge in [0, 0.05) is 20.2 Å². The third kappa shape index (κ3) is 2.44. The summed E-state index contributed by atoms with van der Waals surface area (Å²) in [7, 11) is 1.72. The predicted molar refractivity (Wildman–Crippen MR) is 80.7 cm³/mol. The van der Waals surface area contributed by atoms with Gasteiger partial charge < -0.3 is 15.4 Å². The largest absolute Gasteiger partial charge is 0.381 e. The van der Waals surface area contributed by atoms with Crippen molar-refractivity contribution < 1.29 is 4.74 Å². The number of benzene rings is 1. The monoisotopic (exact) mass is 270 g/mol. The number of nitrogens with zero attached hydrogens (tertiary/aromatic N) is 3. The lowest BCUT2D eigenvalue weighted by molar-refractivity contribution is 0.222. The van der Waals surface area contributed by atoms with Crippen LogP contribution in [-0.2, 0) is 4.74 Å². The van der Waals surface area contributed by atoms with Crippen molar-refractivity contribution in [2.45, 2.75) is 6.42 Å². The predicted octanol–water partition coefficient (Wildman–Crippen LogP) is 1.99. The summed E-state index contributed by atoms with van der Waals surface area (Å²) in [5, 5.41) is 0. The fourth-order valence-corrected chi connectivity index (χ4v) is 2.46. The van der Waals surface area contributed by atoms with E-state index < -0.39 is 0 Å². The zero-order valence-electron chi connectivity index (χ0n) is 11.5. The molecular weight excluding hydrogens is 252 g/mol. The van der Waals surface area contributed by atoms with Crippen molar-refractivity contribution in [2.24, 2.45) is 0 Å². The molecular formula is C15H18N4O. The molecule has 2 aromatic rings. The molecule has 1 aromatic carbocycles. The first-order chi connectivity index (χ1) is 9.78. The molecule has 0 amide bonds. The summed E-state index contributed by atoms with van der Waals surface area (Å²) in [5.74, 6) is 1.27. The van der Waals surface area contributed by atoms with Gasteiger partial charge in [0.25, 0.3) is 0 Å². The van der Waals surface area contributed by atoms with Crippen LogP contribution >= 0.6 is 0 Å². The number of hydrogen-bond acceptors (Lipinski definition) is 5. The second-order valence-electron chi connectivity index (χ2n) is 4.91. The molecule has 0 saturated heterocycles. The van der Waals surface area contributed by atoms with Crippen molar-refractivity contribution in [3.63, 3.8) is 0 Å². The van der Waals surface area contributed by atoms with Crippen LogP contribution < -0.4 is 10.6 Å². The van der Waals surface area contributed by atoms with Crippen LogP contribution in [0.25, 0.3) is 11.0 Å². The van der Waals surface area contributed by atoms with Crippen molar-refractivity contribution in [3.8, 4) is 0 Å². The Labute approximate surface area is 118 Å². The van der Waals surface area contributed by atoms with Crippen molar-refractivity contribution >= 4 is 22.7 Å². The van der Waals surface area contributed by atoms with Crippen molar-refractivity contribution in [1.29, 1.82) is 0 Å². The van der Waals surface area contributed by atoms with Crippen LogP contribution in [0.1, 0.15) is 6.42 Å². The molecule has 0 bridgehead atoms. The first kappa shape index (κ1) is 12.9. The van der Waals surface area contributed by atoms with Gasteiger partial charge in [0.15, 0.2) is 11.6 Å². The van der Waals surface area contributed by atoms with Crippen LogP contribution in [0.4, 0.5) is 11.6 Å². The van der Waals surface area contributed by atoms with E-state index in [4.69, 9.17) is 10.5 Å². The van der Waals surface area contributed by atoms with Crippen LogP contribution in [0.15, 0.2) is 35.9 Å². The Morgan fingerprint density at radius 2 is 2.00 bits per heavy atom. The maximum Gasteiger partial charge on any atom is 0.172 e. The number of fused-ring (bicyclic) bond motifs is 1. The third-order valence-corrected chi connectivity index (χ3v) is 3.51. The zero-order chi connectivity index (χ0) is 13.9. The molecule has 3 rings (SSSR count). The molecule has 0 aliphatic carbocycles. The van der Waals surface area contributed by atoms with Gasteiger partial charge in [0.2, 0.25) is 0 Å². The number of rotatable bonds is 3. The van der Waals surface area contributed by atoms with E-state index in [9.17, 15) is 0 Å². The number of aromatic nitrogens is 2. The van der Waals surface area contributed by atoms with Gasteiger partial charge in [0.05, 0.1) is 17.6 Å². The summed E-state index contributed by atoms with van der Waals surface area (Å²) in [4.78, 5) is 11.2. The van der Waals surface area contributed by atoms with E-state index in [-0.39, 0.29) is 0 Å². The highest BCUT2D eigenvalue weighted by Gasteiger charge is 2.17. The van der Waals surface area contributed by atoms with E-state index in [1.54, 1.807) is 7.11 Å². The fourth-order valence-electron chi connectivity index (χ4n) is 2.46. The molecule has 5 nitrogen and oxygen atoms in total. The van der Waals surface area contributed by atoms with Gasteiger partial charge in [0.1, 0.15) is 0 Å². The minimum absolute atomic E-state index is 0.493. The smallest absolute Gasteiger partial charge is 0.172 e. The summed E-state index contributed by atoms with van der Waals surface area (Å²) >= 11 is 0. The number of methoxy groups -OCH3 is 1. The van der Waals surface area contributed by atoms with E-state index >= 15 is 0 Å². The maximum atomic E-state index is 6.05. The molecule has 0 saturated carbocycles. The van der Waals surface area contributed by atoms with Crippen LogP contribution in [0, 0.1) is 0 Å². The summed E-state index contributed by atoms with van der Waals surface area (Å²) in [6.07, 6.45) is 3.16. The molecule has 0 fully saturated rings. The fraction of sp³-hybridized carbons (Fsp3) is 0.333. The molecule has 0 spiro atoms. The van der Waals surface area contributed by atoms with Crippen LogP contribution in [0.2, 0.25) is 0 Å². The normalized spacial score (nSPS) is 15.4. The summed E-state index contributed by atoms with van der Waals surface area (Å²) in [5.41, 5.74) is 9.09. The SMILES string of the molecule is COCC1=CCN(c2nc3ccccc3nc2N)CC1. The Hall–Kier alpha value is -2.14. The Morgan fingerprint density at radius 1 is 1.25 bits per heavy atom. The van der Waals surface area contributed by atoms with E-state index in [2.05, 4.69) is 20.9 Å². The molecule has 1 aliphatic rings. The number of anilines is 2. The van der Waals surface area contributed by atoms with Crippen LogP contribution in [-0.4, -0.2) is 36.8 Å². The van der Waals surface area contributed by atoms with Crippen molar-refractivity contribution in [1.82, 2.24) is 9.97 Å². The number of nitrogen functional groups attached to an aromatic ring is 1. The number of hydrogen-bond donors (Lipinski definition) is 1. The molecule has 1 aliphatic heterocycles. The van der Waals surface area contributed by atoms with Gasteiger partial charge in [-0.3, -0.25) is 0 Å². The van der Waals surface area contributed by atoms with Gasteiger partial charge in [-0.25, -0.2) is 9.97 Å². The zero-order valence-corrected chi connectivity index (χ0v) is 11.5. The van der Waals surface area contributed by atoms with Gasteiger partial charge in [-0.1, -0.05) is 18.2 Å². The average molecular weight is 270 g/mol. The molecule has 0 radical (unpaired) electrons. The quantitative estimate of drug-likeness (QED) is 0.864. The highest BCUT2D eigenvalue weighted by atomic mass is 16.5. The molecule has 104 valence electrons. The van der Waals surface area contributed by atoms with Crippen molar-refractivity contribution in [3.05, 3.63) is 35.9 Å². The minimum Gasteiger partial charge on any atom is -0.381 e. The number of nitrogens with two attached hydrogens (primary N) is 1. The van der Waals surface area contributed by atoms with E-state index in [1.165, 1.54) is 5.57 Å². The van der Waals surface area contributed by atoms with E-state index in [0.29, 0.717) is 12.4 Å². The van der Waals surface area contributed by atoms with Gasteiger partial charge in [-0.05, 0) is 24.1 Å². The topological polar surface area (TPSA) is 64.3 Å². The Kier molecular flexibility index (Phi) is 3.52. The standard InChI is InChI=1S/C15H18N4O/c1-20-10-11-6-8-19(9-7-11)15-14(16)17-12-4-2-3-5-13(12)18-15/h2-6H,7-10H2,1H3,(H2,16,17). The molecule has 20 heavy (non-hydrogen) atoms. The Morgan fingerprint density at radius 3 is 2.65 bits per heavy atom. The summed E-state index contributed by atoms with van der Waals surface area (Å²) < 4.78 is 5.16. The van der Waals surface area contributed by atoms with Crippen molar-refractivity contribution in [2.75, 3.05) is 37.4 Å². The Balaban J connectivity index is 1.89. The minimum atomic E-state index is 0.493. The first-order valence-corrected chi connectivity index (χ1v) is 6.72. The highest BCUT2D eigenvalue weighted by molar-refractivity contribution is 5.79. The molecule has 0 unspecified atom stereocenters. The second-order valence-corrected chi connectivity index (χ2v) is 4.91. The summed E-state index contributed by atoms with van der Waals surface area (Å²) in [6, 6.07) is 7.79. The lowest BCUT2D eigenvalue weighted by Gasteiger charge is -2.28. The first-order valence-electron chi connectivity index (χ1n) is 6.72. The number of para-hydroxylation sites is 2. The van der Waals surface area contributed by atoms with E-state index in [1.807, 2.05) is 24.3 Å². The highest BCUT2D eigenvalue weighted by Crippen LogP contribution is 2.25. The maximum absolute atomic E-state index is 6.05. The lowest BCUT2D eigenvalue weighted by atomic mass is 10.1. The number of ether oxygens (including phenoxy) is 1. The second kappa shape index (κ2) is 5.46. The third-order valence-electron chi connectivity index (χ3n) is 3.51. The summed E-state index contributed by atoms with van der Waals surface area (Å²) in [6.45, 7) is 2.40. The molecule has 2 heterocycles. The van der Waals surface area contributed by atoms with Gasteiger partial charge >= 0.3 is 0 Å². The average Bonchev–Trinajstić information content (AvgIpc) is 2.48.